The zero-order valence-corrected chi connectivity index (χ0v) is 13.7. The van der Waals surface area contributed by atoms with Gasteiger partial charge >= 0.3 is 0 Å². The van der Waals surface area contributed by atoms with E-state index in [0.717, 1.165) is 35.8 Å². The van der Waals surface area contributed by atoms with Gasteiger partial charge in [0.25, 0.3) is 0 Å². The summed E-state index contributed by atoms with van der Waals surface area (Å²) in [5, 5.41) is 13.7. The van der Waals surface area contributed by atoms with Crippen molar-refractivity contribution in [2.45, 2.75) is 19.3 Å². The Balaban J connectivity index is 1.54. The number of hydrogen-bond donors (Lipinski definition) is 2. The molecule has 0 spiro atoms. The van der Waals surface area contributed by atoms with Gasteiger partial charge in [0.05, 0.1) is 22.8 Å². The minimum Gasteiger partial charge on any atom is -0.355 e. The van der Waals surface area contributed by atoms with Crippen molar-refractivity contribution >= 4 is 17.2 Å². The van der Waals surface area contributed by atoms with Gasteiger partial charge in [0.2, 0.25) is 5.91 Å². The second-order valence-electron chi connectivity index (χ2n) is 5.72. The molecule has 3 heterocycles. The number of hydrogen-bond acceptors (Lipinski definition) is 5. The first-order chi connectivity index (χ1) is 10.6. The normalized spacial score (nSPS) is 21.2. The molecular weight excluding hydrogens is 298 g/mol. The van der Waals surface area contributed by atoms with Gasteiger partial charge in [-0.15, -0.1) is 11.3 Å². The molecular formula is C15H21N5OS. The summed E-state index contributed by atoms with van der Waals surface area (Å²) in [6.07, 6.45) is 4.64. The summed E-state index contributed by atoms with van der Waals surface area (Å²) in [5.41, 5.74) is 2.18. The smallest absolute Gasteiger partial charge is 0.225 e. The van der Waals surface area contributed by atoms with Gasteiger partial charge in [0, 0.05) is 50.6 Å². The van der Waals surface area contributed by atoms with Crippen LogP contribution in [0.4, 0.5) is 0 Å². The molecule has 2 atom stereocenters. The Morgan fingerprint density at radius 2 is 2.41 bits per heavy atom. The second-order valence-corrected chi connectivity index (χ2v) is 6.78. The van der Waals surface area contributed by atoms with Crippen LogP contribution in [0.1, 0.15) is 22.2 Å². The SMILES string of the molecule is Cc1nc(CCNC(=O)[C@H]2CNC[C@@H]2c2cnn(C)c2)cs1. The summed E-state index contributed by atoms with van der Waals surface area (Å²) in [6, 6.07) is 0. The van der Waals surface area contributed by atoms with E-state index in [2.05, 4.69) is 26.1 Å². The predicted molar refractivity (Wildman–Crippen MR) is 85.9 cm³/mol. The zero-order chi connectivity index (χ0) is 15.5. The molecule has 2 aromatic heterocycles. The Morgan fingerprint density at radius 1 is 1.55 bits per heavy atom. The summed E-state index contributed by atoms with van der Waals surface area (Å²) in [6.45, 7) is 4.18. The van der Waals surface area contributed by atoms with E-state index in [4.69, 9.17) is 0 Å². The Kier molecular flexibility index (Phi) is 4.54. The van der Waals surface area contributed by atoms with E-state index >= 15 is 0 Å². The molecule has 7 heteroatoms. The highest BCUT2D eigenvalue weighted by Crippen LogP contribution is 2.27. The lowest BCUT2D eigenvalue weighted by molar-refractivity contribution is -0.124. The van der Waals surface area contributed by atoms with Gasteiger partial charge in [-0.1, -0.05) is 0 Å². The Morgan fingerprint density at radius 3 is 3.09 bits per heavy atom. The van der Waals surface area contributed by atoms with Crippen LogP contribution in [-0.4, -0.2) is 40.3 Å². The van der Waals surface area contributed by atoms with Gasteiger partial charge < -0.3 is 10.6 Å². The van der Waals surface area contributed by atoms with Crippen molar-refractivity contribution in [3.8, 4) is 0 Å². The molecule has 2 N–H and O–H groups in total. The molecule has 0 saturated carbocycles. The number of aryl methyl sites for hydroxylation is 2. The Labute approximate surface area is 133 Å². The van der Waals surface area contributed by atoms with E-state index in [1.54, 1.807) is 16.0 Å². The highest BCUT2D eigenvalue weighted by Gasteiger charge is 2.34. The number of rotatable bonds is 5. The van der Waals surface area contributed by atoms with Gasteiger partial charge in [0.1, 0.15) is 0 Å². The van der Waals surface area contributed by atoms with E-state index in [1.165, 1.54) is 0 Å². The number of carbonyl (C=O) groups excluding carboxylic acids is 1. The molecule has 22 heavy (non-hydrogen) atoms. The third-order valence-electron chi connectivity index (χ3n) is 4.05. The molecule has 0 unspecified atom stereocenters. The van der Waals surface area contributed by atoms with E-state index < -0.39 is 0 Å². The van der Waals surface area contributed by atoms with Crippen LogP contribution in [0, 0.1) is 12.8 Å². The number of nitrogens with one attached hydrogen (secondary N) is 2. The molecule has 0 radical (unpaired) electrons. The number of aromatic nitrogens is 3. The van der Waals surface area contributed by atoms with E-state index in [9.17, 15) is 4.79 Å². The largest absolute Gasteiger partial charge is 0.355 e. The number of nitrogens with zero attached hydrogens (tertiary/aromatic N) is 3. The monoisotopic (exact) mass is 319 g/mol. The van der Waals surface area contributed by atoms with Crippen molar-refractivity contribution < 1.29 is 4.79 Å². The summed E-state index contributed by atoms with van der Waals surface area (Å²) in [7, 11) is 1.90. The fraction of sp³-hybridized carbons (Fsp3) is 0.533. The quantitative estimate of drug-likeness (QED) is 0.857. The average molecular weight is 319 g/mol. The Bertz CT molecular complexity index is 650. The third kappa shape index (κ3) is 3.36. The zero-order valence-electron chi connectivity index (χ0n) is 12.9. The van der Waals surface area contributed by atoms with Crippen molar-refractivity contribution in [3.63, 3.8) is 0 Å². The van der Waals surface area contributed by atoms with Crippen LogP contribution in [0.5, 0.6) is 0 Å². The third-order valence-corrected chi connectivity index (χ3v) is 4.87. The van der Waals surface area contributed by atoms with Gasteiger partial charge in [-0.25, -0.2) is 4.98 Å². The van der Waals surface area contributed by atoms with Crippen molar-refractivity contribution in [1.29, 1.82) is 0 Å². The highest BCUT2D eigenvalue weighted by molar-refractivity contribution is 7.09. The van der Waals surface area contributed by atoms with Gasteiger partial charge in [0.15, 0.2) is 0 Å². The van der Waals surface area contributed by atoms with E-state index in [-0.39, 0.29) is 17.7 Å². The topological polar surface area (TPSA) is 71.8 Å². The Hall–Kier alpha value is -1.73. The average Bonchev–Trinajstić information content (AvgIpc) is 3.19. The van der Waals surface area contributed by atoms with Crippen molar-refractivity contribution in [2.24, 2.45) is 13.0 Å². The molecule has 3 rings (SSSR count). The first kappa shape index (κ1) is 15.2. The molecule has 2 aromatic rings. The fourth-order valence-corrected chi connectivity index (χ4v) is 3.55. The lowest BCUT2D eigenvalue weighted by Crippen LogP contribution is -2.35. The minimum absolute atomic E-state index is 0.0265. The molecule has 1 aliphatic heterocycles. The molecule has 0 aromatic carbocycles. The molecule has 118 valence electrons. The lowest BCUT2D eigenvalue weighted by Gasteiger charge is -2.16. The second kappa shape index (κ2) is 6.58. The molecule has 1 aliphatic rings. The molecule has 0 bridgehead atoms. The summed E-state index contributed by atoms with van der Waals surface area (Å²) < 4.78 is 1.78. The minimum atomic E-state index is -0.0265. The summed E-state index contributed by atoms with van der Waals surface area (Å²) in [4.78, 5) is 16.8. The molecule has 6 nitrogen and oxygen atoms in total. The summed E-state index contributed by atoms with van der Waals surface area (Å²) in [5.74, 6) is 0.294. The van der Waals surface area contributed by atoms with Crippen molar-refractivity contribution in [3.05, 3.63) is 34.0 Å². The molecule has 1 fully saturated rings. The van der Waals surface area contributed by atoms with Crippen LogP contribution in [0.25, 0.3) is 0 Å². The lowest BCUT2D eigenvalue weighted by atomic mass is 9.90. The fourth-order valence-electron chi connectivity index (χ4n) is 2.90. The van der Waals surface area contributed by atoms with Gasteiger partial charge in [-0.05, 0) is 12.5 Å². The van der Waals surface area contributed by atoms with E-state index in [1.807, 2.05) is 26.4 Å². The maximum atomic E-state index is 12.4. The van der Waals surface area contributed by atoms with Crippen LogP contribution in [0.2, 0.25) is 0 Å². The summed E-state index contributed by atoms with van der Waals surface area (Å²) >= 11 is 1.65. The van der Waals surface area contributed by atoms with Gasteiger partial charge in [-0.3, -0.25) is 9.48 Å². The first-order valence-corrected chi connectivity index (χ1v) is 8.39. The number of amides is 1. The van der Waals surface area contributed by atoms with Gasteiger partial charge in [-0.2, -0.15) is 5.10 Å². The van der Waals surface area contributed by atoms with Crippen molar-refractivity contribution in [1.82, 2.24) is 25.4 Å². The van der Waals surface area contributed by atoms with Crippen LogP contribution >= 0.6 is 11.3 Å². The molecule has 1 saturated heterocycles. The highest BCUT2D eigenvalue weighted by atomic mass is 32.1. The van der Waals surface area contributed by atoms with Crippen molar-refractivity contribution in [2.75, 3.05) is 19.6 Å². The standard InChI is InChI=1S/C15H21N5OS/c1-10-19-12(9-22-10)3-4-17-15(21)14-7-16-6-13(14)11-5-18-20(2)8-11/h5,8-9,13-14,16H,3-4,6-7H2,1-2H3,(H,17,21)/t13-,14+/m1/s1. The number of carbonyl (C=O) groups is 1. The first-order valence-electron chi connectivity index (χ1n) is 7.51. The molecule has 0 aliphatic carbocycles. The maximum absolute atomic E-state index is 12.4. The predicted octanol–water partition coefficient (Wildman–Crippen LogP) is 0.847. The molecule has 1 amide bonds. The number of thiazole rings is 1. The van der Waals surface area contributed by atoms with Crippen LogP contribution in [-0.2, 0) is 18.3 Å². The van der Waals surface area contributed by atoms with Crippen LogP contribution < -0.4 is 10.6 Å². The van der Waals surface area contributed by atoms with E-state index in [0.29, 0.717) is 6.54 Å². The van der Waals surface area contributed by atoms with Crippen LogP contribution in [0.3, 0.4) is 0 Å². The maximum Gasteiger partial charge on any atom is 0.225 e. The van der Waals surface area contributed by atoms with Crippen LogP contribution in [0.15, 0.2) is 17.8 Å².